The molecule has 0 spiro atoms. The van der Waals surface area contributed by atoms with Crippen LogP contribution in [0.15, 0.2) is 118 Å². The second kappa shape index (κ2) is 12.4. The molecular formula is C31H29N5O3S2. The van der Waals surface area contributed by atoms with Gasteiger partial charge in [0.15, 0.2) is 11.0 Å². The Hall–Kier alpha value is -4.41. The molecule has 0 radical (unpaired) electrons. The van der Waals surface area contributed by atoms with Crippen molar-refractivity contribution in [1.29, 1.82) is 0 Å². The molecule has 1 amide bonds. The predicted molar refractivity (Wildman–Crippen MR) is 162 cm³/mol. The van der Waals surface area contributed by atoms with E-state index in [-0.39, 0.29) is 28.0 Å². The minimum atomic E-state index is -3.75. The maximum Gasteiger partial charge on any atom is 0.234 e. The van der Waals surface area contributed by atoms with E-state index in [2.05, 4.69) is 20.8 Å². The fourth-order valence-corrected chi connectivity index (χ4v) is 6.38. The third kappa shape index (κ3) is 6.67. The van der Waals surface area contributed by atoms with Crippen LogP contribution in [-0.2, 0) is 21.2 Å². The first kappa shape index (κ1) is 28.1. The minimum absolute atomic E-state index is 0.143. The molecule has 0 aliphatic heterocycles. The molecule has 5 rings (SSSR count). The van der Waals surface area contributed by atoms with Crippen molar-refractivity contribution < 1.29 is 13.2 Å². The lowest BCUT2D eigenvalue weighted by atomic mass is 10.2. The molecule has 5 aromatic rings. The Morgan fingerprint density at radius 3 is 2.15 bits per heavy atom. The molecule has 10 heteroatoms. The number of carbonyl (C=O) groups excluding carboxylic acids is 1. The Bertz CT molecular complexity index is 1750. The van der Waals surface area contributed by atoms with Crippen LogP contribution in [0.1, 0.15) is 17.0 Å². The molecule has 4 aromatic carbocycles. The SMILES string of the molecule is Cc1ccc(NC(=O)CSc2nnc(CNc3ccccc3S(=O)(=O)c3ccc(C)cc3)n2-c2ccccc2)cc1. The largest absolute Gasteiger partial charge is 0.377 e. The fourth-order valence-electron chi connectivity index (χ4n) is 4.17. The summed E-state index contributed by atoms with van der Waals surface area (Å²) >= 11 is 1.27. The summed E-state index contributed by atoms with van der Waals surface area (Å²) in [6.45, 7) is 4.11. The average Bonchev–Trinajstić information content (AvgIpc) is 3.40. The molecule has 2 N–H and O–H groups in total. The van der Waals surface area contributed by atoms with Gasteiger partial charge in [-0.1, -0.05) is 77.5 Å². The summed E-state index contributed by atoms with van der Waals surface area (Å²) in [7, 11) is -3.75. The Balaban J connectivity index is 1.37. The molecule has 0 atom stereocenters. The maximum absolute atomic E-state index is 13.5. The minimum Gasteiger partial charge on any atom is -0.377 e. The Kier molecular flexibility index (Phi) is 8.51. The molecule has 8 nitrogen and oxygen atoms in total. The van der Waals surface area contributed by atoms with E-state index in [4.69, 9.17) is 0 Å². The lowest BCUT2D eigenvalue weighted by Gasteiger charge is -2.14. The number of nitrogens with one attached hydrogen (secondary N) is 2. The van der Waals surface area contributed by atoms with Crippen LogP contribution in [0.25, 0.3) is 5.69 Å². The van der Waals surface area contributed by atoms with Crippen molar-refractivity contribution in [1.82, 2.24) is 14.8 Å². The molecule has 0 aliphatic rings. The Morgan fingerprint density at radius 1 is 0.805 bits per heavy atom. The normalized spacial score (nSPS) is 11.3. The smallest absolute Gasteiger partial charge is 0.234 e. The number of hydrogen-bond donors (Lipinski definition) is 2. The molecule has 0 saturated carbocycles. The third-order valence-corrected chi connectivity index (χ3v) is 9.08. The summed E-state index contributed by atoms with van der Waals surface area (Å²) in [5.74, 6) is 0.556. The molecular weight excluding hydrogens is 555 g/mol. The van der Waals surface area contributed by atoms with Crippen molar-refractivity contribution in [2.24, 2.45) is 0 Å². The van der Waals surface area contributed by atoms with Crippen molar-refractivity contribution >= 4 is 38.9 Å². The first-order chi connectivity index (χ1) is 19.8. The van der Waals surface area contributed by atoms with Gasteiger partial charge in [0, 0.05) is 11.4 Å². The lowest BCUT2D eigenvalue weighted by Crippen LogP contribution is -2.15. The predicted octanol–water partition coefficient (Wildman–Crippen LogP) is 6.06. The highest BCUT2D eigenvalue weighted by molar-refractivity contribution is 7.99. The number of sulfone groups is 1. The van der Waals surface area contributed by atoms with Gasteiger partial charge in [0.05, 0.1) is 27.8 Å². The van der Waals surface area contributed by atoms with E-state index in [9.17, 15) is 13.2 Å². The summed E-state index contributed by atoms with van der Waals surface area (Å²) in [6, 6.07) is 30.8. The Morgan fingerprint density at radius 2 is 1.44 bits per heavy atom. The first-order valence-electron chi connectivity index (χ1n) is 12.9. The highest BCUT2D eigenvalue weighted by Crippen LogP contribution is 2.29. The van der Waals surface area contributed by atoms with Crippen LogP contribution in [0.5, 0.6) is 0 Å². The highest BCUT2D eigenvalue weighted by Gasteiger charge is 2.22. The zero-order chi connectivity index (χ0) is 28.8. The molecule has 208 valence electrons. The fraction of sp³-hybridized carbons (Fsp3) is 0.129. The number of aryl methyl sites for hydroxylation is 2. The first-order valence-corrected chi connectivity index (χ1v) is 15.4. The van der Waals surface area contributed by atoms with Crippen LogP contribution in [0, 0.1) is 13.8 Å². The summed E-state index contributed by atoms with van der Waals surface area (Å²) in [6.07, 6.45) is 0. The monoisotopic (exact) mass is 583 g/mol. The van der Waals surface area contributed by atoms with Gasteiger partial charge in [0.25, 0.3) is 0 Å². The number of carbonyl (C=O) groups is 1. The van der Waals surface area contributed by atoms with E-state index >= 15 is 0 Å². The number of hydrogen-bond acceptors (Lipinski definition) is 7. The van der Waals surface area contributed by atoms with Gasteiger partial charge >= 0.3 is 0 Å². The number of anilines is 2. The molecule has 1 heterocycles. The number of amides is 1. The third-order valence-electron chi connectivity index (χ3n) is 6.33. The van der Waals surface area contributed by atoms with Gasteiger partial charge in [0.2, 0.25) is 15.7 Å². The molecule has 0 fully saturated rings. The number of nitrogens with zero attached hydrogens (tertiary/aromatic N) is 3. The van der Waals surface area contributed by atoms with Crippen LogP contribution in [0.3, 0.4) is 0 Å². The summed E-state index contributed by atoms with van der Waals surface area (Å²) in [5, 5.41) is 15.5. The van der Waals surface area contributed by atoms with E-state index in [1.807, 2.05) is 73.0 Å². The van der Waals surface area contributed by atoms with Crippen LogP contribution < -0.4 is 10.6 Å². The van der Waals surface area contributed by atoms with Gasteiger partial charge in [-0.3, -0.25) is 9.36 Å². The average molecular weight is 584 g/mol. The standard InChI is InChI=1S/C31H29N5O3S2/c1-22-12-16-24(17-13-22)33-30(37)21-40-31-35-34-29(36(31)25-8-4-3-5-9-25)20-32-27-10-6-7-11-28(27)41(38,39)26-18-14-23(2)15-19-26/h3-19,32H,20-21H2,1-2H3,(H,33,37). The van der Waals surface area contributed by atoms with Crippen LogP contribution in [0.2, 0.25) is 0 Å². The summed E-state index contributed by atoms with van der Waals surface area (Å²) in [4.78, 5) is 13.1. The van der Waals surface area contributed by atoms with Crippen molar-refractivity contribution in [2.75, 3.05) is 16.4 Å². The quantitative estimate of drug-likeness (QED) is 0.193. The van der Waals surface area contributed by atoms with Crippen LogP contribution in [0.4, 0.5) is 11.4 Å². The number of rotatable bonds is 10. The molecule has 0 unspecified atom stereocenters. The van der Waals surface area contributed by atoms with Gasteiger partial charge in [-0.2, -0.15) is 0 Å². The maximum atomic E-state index is 13.5. The molecule has 0 saturated heterocycles. The number of para-hydroxylation sites is 2. The second-order valence-electron chi connectivity index (χ2n) is 9.44. The van der Waals surface area contributed by atoms with E-state index < -0.39 is 9.84 Å². The van der Waals surface area contributed by atoms with Crippen LogP contribution >= 0.6 is 11.8 Å². The number of benzene rings is 4. The van der Waals surface area contributed by atoms with E-state index in [0.717, 1.165) is 22.5 Å². The van der Waals surface area contributed by atoms with E-state index in [0.29, 0.717) is 16.7 Å². The Labute approximate surface area is 243 Å². The van der Waals surface area contributed by atoms with E-state index in [1.54, 1.807) is 48.5 Å². The summed E-state index contributed by atoms with van der Waals surface area (Å²) < 4.78 is 28.8. The van der Waals surface area contributed by atoms with Crippen molar-refractivity contribution in [3.8, 4) is 5.69 Å². The van der Waals surface area contributed by atoms with Crippen molar-refractivity contribution in [3.05, 3.63) is 120 Å². The molecule has 41 heavy (non-hydrogen) atoms. The van der Waals surface area contributed by atoms with Gasteiger partial charge in [0.1, 0.15) is 0 Å². The van der Waals surface area contributed by atoms with Gasteiger partial charge in [-0.15, -0.1) is 10.2 Å². The van der Waals surface area contributed by atoms with Gasteiger partial charge < -0.3 is 10.6 Å². The van der Waals surface area contributed by atoms with E-state index in [1.165, 1.54) is 11.8 Å². The number of thioether (sulfide) groups is 1. The van der Waals surface area contributed by atoms with Crippen molar-refractivity contribution in [3.63, 3.8) is 0 Å². The second-order valence-corrected chi connectivity index (χ2v) is 12.3. The number of aromatic nitrogens is 3. The molecule has 0 aliphatic carbocycles. The highest BCUT2D eigenvalue weighted by atomic mass is 32.2. The van der Waals surface area contributed by atoms with Crippen LogP contribution in [-0.4, -0.2) is 34.8 Å². The van der Waals surface area contributed by atoms with Gasteiger partial charge in [-0.25, -0.2) is 8.42 Å². The van der Waals surface area contributed by atoms with Gasteiger partial charge in [-0.05, 0) is 62.4 Å². The topological polar surface area (TPSA) is 106 Å². The molecule has 0 bridgehead atoms. The van der Waals surface area contributed by atoms with Crippen molar-refractivity contribution in [2.45, 2.75) is 35.3 Å². The zero-order valence-electron chi connectivity index (χ0n) is 22.6. The lowest BCUT2D eigenvalue weighted by molar-refractivity contribution is -0.113. The summed E-state index contributed by atoms with van der Waals surface area (Å²) in [5.41, 5.74) is 4.12. The molecule has 1 aromatic heterocycles. The zero-order valence-corrected chi connectivity index (χ0v) is 24.2.